The highest BCUT2D eigenvalue weighted by atomic mass is 16.2. The molecule has 1 saturated heterocycles. The van der Waals surface area contributed by atoms with Gasteiger partial charge in [0.05, 0.1) is 0 Å². The molecule has 4 heteroatoms. The molecule has 1 aliphatic carbocycles. The first kappa shape index (κ1) is 16.0. The SMILES string of the molecule is Cc1cccc(C(=O)N2CCCN(C(=O)C3CCCC3)CC2)c1. The average molecular weight is 314 g/mol. The molecule has 3 rings (SSSR count). The summed E-state index contributed by atoms with van der Waals surface area (Å²) in [5.41, 5.74) is 1.85. The van der Waals surface area contributed by atoms with E-state index >= 15 is 0 Å². The van der Waals surface area contributed by atoms with Gasteiger partial charge >= 0.3 is 0 Å². The van der Waals surface area contributed by atoms with Crippen molar-refractivity contribution in [2.75, 3.05) is 26.2 Å². The normalized spacial score (nSPS) is 19.7. The van der Waals surface area contributed by atoms with E-state index in [4.69, 9.17) is 0 Å². The molecule has 23 heavy (non-hydrogen) atoms. The summed E-state index contributed by atoms with van der Waals surface area (Å²) in [5, 5.41) is 0. The average Bonchev–Trinajstić information content (AvgIpc) is 2.98. The quantitative estimate of drug-likeness (QED) is 0.842. The maximum Gasteiger partial charge on any atom is 0.253 e. The Morgan fingerprint density at radius 3 is 2.39 bits per heavy atom. The second kappa shape index (κ2) is 7.16. The van der Waals surface area contributed by atoms with E-state index in [1.165, 1.54) is 12.8 Å². The van der Waals surface area contributed by atoms with Crippen LogP contribution >= 0.6 is 0 Å². The van der Waals surface area contributed by atoms with Gasteiger partial charge < -0.3 is 9.80 Å². The van der Waals surface area contributed by atoms with Crippen LogP contribution in [-0.4, -0.2) is 47.8 Å². The molecule has 1 saturated carbocycles. The monoisotopic (exact) mass is 314 g/mol. The number of aryl methyl sites for hydroxylation is 1. The lowest BCUT2D eigenvalue weighted by molar-refractivity contribution is -0.135. The molecule has 1 aromatic rings. The van der Waals surface area contributed by atoms with Gasteiger partial charge in [-0.05, 0) is 38.3 Å². The first-order chi connectivity index (χ1) is 11.1. The zero-order valence-electron chi connectivity index (χ0n) is 14.0. The molecule has 0 aromatic heterocycles. The molecular formula is C19H26N2O2. The van der Waals surface area contributed by atoms with Gasteiger partial charge in [-0.2, -0.15) is 0 Å². The minimum Gasteiger partial charge on any atom is -0.341 e. The maximum atomic E-state index is 12.7. The van der Waals surface area contributed by atoms with Crippen molar-refractivity contribution in [1.29, 1.82) is 0 Å². The third kappa shape index (κ3) is 3.74. The Balaban J connectivity index is 1.61. The van der Waals surface area contributed by atoms with Gasteiger partial charge in [0.2, 0.25) is 5.91 Å². The number of carbonyl (C=O) groups is 2. The lowest BCUT2D eigenvalue weighted by Crippen LogP contribution is -2.39. The molecule has 2 aliphatic rings. The molecule has 4 nitrogen and oxygen atoms in total. The van der Waals surface area contributed by atoms with E-state index in [9.17, 15) is 9.59 Å². The second-order valence-electron chi connectivity index (χ2n) is 6.82. The van der Waals surface area contributed by atoms with Crippen LogP contribution in [-0.2, 0) is 4.79 Å². The van der Waals surface area contributed by atoms with Crippen molar-refractivity contribution in [3.05, 3.63) is 35.4 Å². The van der Waals surface area contributed by atoms with E-state index in [0.29, 0.717) is 19.0 Å². The molecular weight excluding hydrogens is 288 g/mol. The molecule has 0 atom stereocenters. The Morgan fingerprint density at radius 2 is 1.65 bits per heavy atom. The van der Waals surface area contributed by atoms with Crippen LogP contribution in [0.2, 0.25) is 0 Å². The number of hydrogen-bond acceptors (Lipinski definition) is 2. The van der Waals surface area contributed by atoms with Gasteiger partial charge in [-0.3, -0.25) is 9.59 Å². The molecule has 2 amide bonds. The van der Waals surface area contributed by atoms with E-state index in [1.54, 1.807) is 0 Å². The smallest absolute Gasteiger partial charge is 0.253 e. The first-order valence-electron chi connectivity index (χ1n) is 8.80. The largest absolute Gasteiger partial charge is 0.341 e. The van der Waals surface area contributed by atoms with Crippen LogP contribution in [0.5, 0.6) is 0 Å². The fraction of sp³-hybridized carbons (Fsp3) is 0.579. The lowest BCUT2D eigenvalue weighted by Gasteiger charge is -2.24. The number of carbonyl (C=O) groups excluding carboxylic acids is 2. The predicted molar refractivity (Wildman–Crippen MR) is 90.2 cm³/mol. The standard InChI is InChI=1S/C19H26N2O2/c1-15-6-4-9-17(14-15)19(23)21-11-5-10-20(12-13-21)18(22)16-7-2-3-8-16/h4,6,9,14,16H,2-3,5,7-8,10-13H2,1H3. The number of hydrogen-bond donors (Lipinski definition) is 0. The van der Waals surface area contributed by atoms with Crippen LogP contribution in [0.3, 0.4) is 0 Å². The van der Waals surface area contributed by atoms with Crippen LogP contribution in [0.4, 0.5) is 0 Å². The Morgan fingerprint density at radius 1 is 0.957 bits per heavy atom. The Hall–Kier alpha value is -1.84. The predicted octanol–water partition coefficient (Wildman–Crippen LogP) is 2.86. The summed E-state index contributed by atoms with van der Waals surface area (Å²) >= 11 is 0. The van der Waals surface area contributed by atoms with E-state index < -0.39 is 0 Å². The highest BCUT2D eigenvalue weighted by Crippen LogP contribution is 2.27. The molecule has 0 unspecified atom stereocenters. The Bertz CT molecular complexity index is 578. The van der Waals surface area contributed by atoms with Crippen LogP contribution in [0.25, 0.3) is 0 Å². The zero-order valence-corrected chi connectivity index (χ0v) is 14.0. The van der Waals surface area contributed by atoms with Crippen molar-refractivity contribution >= 4 is 11.8 Å². The minimum absolute atomic E-state index is 0.0869. The molecule has 0 radical (unpaired) electrons. The van der Waals surface area contributed by atoms with Crippen molar-refractivity contribution in [3.63, 3.8) is 0 Å². The summed E-state index contributed by atoms with van der Waals surface area (Å²) in [4.78, 5) is 29.1. The summed E-state index contributed by atoms with van der Waals surface area (Å²) in [6.07, 6.45) is 5.32. The highest BCUT2D eigenvalue weighted by Gasteiger charge is 2.29. The molecule has 124 valence electrons. The topological polar surface area (TPSA) is 40.6 Å². The summed E-state index contributed by atoms with van der Waals surface area (Å²) in [6, 6.07) is 7.74. The second-order valence-corrected chi connectivity index (χ2v) is 6.82. The van der Waals surface area contributed by atoms with Gasteiger partial charge in [-0.15, -0.1) is 0 Å². The van der Waals surface area contributed by atoms with E-state index in [2.05, 4.69) is 0 Å². The third-order valence-electron chi connectivity index (χ3n) is 5.06. The number of amides is 2. The van der Waals surface area contributed by atoms with Gasteiger partial charge in [0.1, 0.15) is 0 Å². The minimum atomic E-state index is 0.0869. The van der Waals surface area contributed by atoms with Crippen molar-refractivity contribution in [2.45, 2.75) is 39.0 Å². The van der Waals surface area contributed by atoms with Gasteiger partial charge in [-0.25, -0.2) is 0 Å². The van der Waals surface area contributed by atoms with E-state index in [0.717, 1.165) is 43.5 Å². The van der Waals surface area contributed by atoms with Gasteiger partial charge in [0, 0.05) is 37.7 Å². The maximum absolute atomic E-state index is 12.7. The van der Waals surface area contributed by atoms with Crippen molar-refractivity contribution in [1.82, 2.24) is 9.80 Å². The Labute approximate surface area is 138 Å². The van der Waals surface area contributed by atoms with Crippen molar-refractivity contribution in [3.8, 4) is 0 Å². The van der Waals surface area contributed by atoms with E-state index in [1.807, 2.05) is 41.0 Å². The summed E-state index contributed by atoms with van der Waals surface area (Å²) in [5.74, 6) is 0.630. The number of nitrogens with zero attached hydrogens (tertiary/aromatic N) is 2. The molecule has 0 bridgehead atoms. The fourth-order valence-corrected chi connectivity index (χ4v) is 3.73. The molecule has 0 N–H and O–H groups in total. The highest BCUT2D eigenvalue weighted by molar-refractivity contribution is 5.94. The molecule has 0 spiro atoms. The number of benzene rings is 1. The lowest BCUT2D eigenvalue weighted by atomic mass is 10.1. The van der Waals surface area contributed by atoms with E-state index in [-0.39, 0.29) is 11.8 Å². The molecule has 1 aromatic carbocycles. The number of rotatable bonds is 2. The molecule has 1 aliphatic heterocycles. The van der Waals surface area contributed by atoms with Gasteiger partial charge in [0.25, 0.3) is 5.91 Å². The molecule has 2 fully saturated rings. The van der Waals surface area contributed by atoms with Crippen LogP contribution < -0.4 is 0 Å². The summed E-state index contributed by atoms with van der Waals surface area (Å²) in [7, 11) is 0. The van der Waals surface area contributed by atoms with Crippen molar-refractivity contribution < 1.29 is 9.59 Å². The fourth-order valence-electron chi connectivity index (χ4n) is 3.73. The summed E-state index contributed by atoms with van der Waals surface area (Å²) in [6.45, 7) is 4.84. The van der Waals surface area contributed by atoms with Crippen LogP contribution in [0, 0.1) is 12.8 Å². The van der Waals surface area contributed by atoms with Crippen molar-refractivity contribution in [2.24, 2.45) is 5.92 Å². The third-order valence-corrected chi connectivity index (χ3v) is 5.06. The summed E-state index contributed by atoms with van der Waals surface area (Å²) < 4.78 is 0. The molecule has 1 heterocycles. The van der Waals surface area contributed by atoms with Crippen LogP contribution in [0.15, 0.2) is 24.3 Å². The zero-order chi connectivity index (χ0) is 16.2. The van der Waals surface area contributed by atoms with Gasteiger partial charge in [0.15, 0.2) is 0 Å². The Kier molecular flexibility index (Phi) is 4.99. The van der Waals surface area contributed by atoms with Crippen LogP contribution in [0.1, 0.15) is 48.0 Å². The first-order valence-corrected chi connectivity index (χ1v) is 8.80. The van der Waals surface area contributed by atoms with Gasteiger partial charge in [-0.1, -0.05) is 30.5 Å².